The molecule has 1 aromatic rings. The maximum absolute atomic E-state index is 12.1. The molecule has 1 atom stereocenters. The van der Waals surface area contributed by atoms with Crippen molar-refractivity contribution in [3.8, 4) is 5.75 Å². The van der Waals surface area contributed by atoms with E-state index >= 15 is 0 Å². The van der Waals surface area contributed by atoms with Gasteiger partial charge in [0.15, 0.2) is 0 Å². The van der Waals surface area contributed by atoms with E-state index in [0.717, 1.165) is 0 Å². The Kier molecular flexibility index (Phi) is 5.33. The second kappa shape index (κ2) is 7.23. The molecule has 1 fully saturated rings. The number of hydrogen-bond acceptors (Lipinski definition) is 5. The molecule has 1 saturated heterocycles. The fourth-order valence-corrected chi connectivity index (χ4v) is 2.58. The summed E-state index contributed by atoms with van der Waals surface area (Å²) < 4.78 is 5.10. The number of nitrogens with one attached hydrogen (secondary N) is 1. The quantitative estimate of drug-likeness (QED) is 0.781. The first kappa shape index (κ1) is 17.0. The van der Waals surface area contributed by atoms with Crippen molar-refractivity contribution >= 4 is 23.4 Å². The van der Waals surface area contributed by atoms with Gasteiger partial charge in [-0.05, 0) is 26.1 Å². The van der Waals surface area contributed by atoms with E-state index < -0.39 is 6.04 Å². The van der Waals surface area contributed by atoms with Gasteiger partial charge in [0.25, 0.3) is 0 Å². The van der Waals surface area contributed by atoms with Crippen LogP contribution in [-0.4, -0.2) is 60.8 Å². The van der Waals surface area contributed by atoms with Crippen LogP contribution in [0.15, 0.2) is 24.3 Å². The molecule has 1 heterocycles. The number of carbonyl (C=O) groups excluding carboxylic acids is 3. The zero-order valence-electron chi connectivity index (χ0n) is 13.5. The molecule has 7 nitrogen and oxygen atoms in total. The summed E-state index contributed by atoms with van der Waals surface area (Å²) in [5.74, 6) is -0.0426. The Hall–Kier alpha value is -2.41. The van der Waals surface area contributed by atoms with Gasteiger partial charge in [-0.2, -0.15) is 0 Å². The Morgan fingerprint density at radius 2 is 2.17 bits per heavy atom. The molecule has 2 rings (SSSR count). The first-order valence-corrected chi connectivity index (χ1v) is 7.44. The highest BCUT2D eigenvalue weighted by molar-refractivity contribution is 6.05. The van der Waals surface area contributed by atoms with Crippen molar-refractivity contribution < 1.29 is 19.1 Å². The van der Waals surface area contributed by atoms with Crippen LogP contribution in [0.1, 0.15) is 13.3 Å². The van der Waals surface area contributed by atoms with E-state index in [1.165, 1.54) is 4.90 Å². The molecule has 1 N–H and O–H groups in total. The van der Waals surface area contributed by atoms with Crippen molar-refractivity contribution in [3.05, 3.63) is 24.3 Å². The first-order chi connectivity index (χ1) is 11.0. The highest BCUT2D eigenvalue weighted by atomic mass is 16.5. The van der Waals surface area contributed by atoms with Crippen LogP contribution in [0.3, 0.4) is 0 Å². The maximum atomic E-state index is 12.1. The molecule has 0 spiro atoms. The molecule has 1 unspecified atom stereocenters. The Morgan fingerprint density at radius 1 is 1.43 bits per heavy atom. The molecule has 0 aliphatic carbocycles. The predicted octanol–water partition coefficient (Wildman–Crippen LogP) is 0.713. The van der Waals surface area contributed by atoms with Crippen molar-refractivity contribution in [2.75, 3.05) is 32.6 Å². The normalized spacial score (nSPS) is 17.7. The number of anilines is 1. The zero-order valence-corrected chi connectivity index (χ0v) is 13.5. The second-order valence-corrected chi connectivity index (χ2v) is 5.39. The standard InChI is InChI=1S/C16H21N3O4/c1-4-19-15(21)9-13(16(19)22)18(2)10-14(20)17-11-6-5-7-12(8-11)23-3/h5-8,13H,4,9-10H2,1-3H3,(H,17,20). The molecule has 0 aromatic heterocycles. The summed E-state index contributed by atoms with van der Waals surface area (Å²) >= 11 is 0. The van der Waals surface area contributed by atoms with Crippen molar-refractivity contribution in [2.24, 2.45) is 0 Å². The molecular formula is C16H21N3O4. The number of imide groups is 1. The number of ether oxygens (including phenoxy) is 1. The van der Waals surface area contributed by atoms with Crippen LogP contribution in [0.5, 0.6) is 5.75 Å². The maximum Gasteiger partial charge on any atom is 0.247 e. The molecule has 1 aliphatic heterocycles. The minimum Gasteiger partial charge on any atom is -0.497 e. The lowest BCUT2D eigenvalue weighted by Crippen LogP contribution is -2.43. The number of nitrogens with zero attached hydrogens (tertiary/aromatic N) is 2. The number of methoxy groups -OCH3 is 1. The SMILES string of the molecule is CCN1C(=O)CC(N(C)CC(=O)Nc2cccc(OC)c2)C1=O. The van der Waals surface area contributed by atoms with Crippen LogP contribution in [-0.2, 0) is 14.4 Å². The summed E-state index contributed by atoms with van der Waals surface area (Å²) in [6, 6.07) is 6.45. The molecule has 0 saturated carbocycles. The number of likely N-dealkylation sites (N-methyl/N-ethyl adjacent to an activating group) is 2. The van der Waals surface area contributed by atoms with Gasteiger partial charge in [0.1, 0.15) is 5.75 Å². The lowest BCUT2D eigenvalue weighted by atomic mass is 10.2. The summed E-state index contributed by atoms with van der Waals surface area (Å²) in [6.07, 6.45) is 0.121. The largest absolute Gasteiger partial charge is 0.497 e. The summed E-state index contributed by atoms with van der Waals surface area (Å²) in [4.78, 5) is 38.8. The van der Waals surface area contributed by atoms with Crippen LogP contribution >= 0.6 is 0 Å². The van der Waals surface area contributed by atoms with Crippen LogP contribution in [0.2, 0.25) is 0 Å². The van der Waals surface area contributed by atoms with Crippen molar-refractivity contribution in [2.45, 2.75) is 19.4 Å². The molecule has 124 valence electrons. The first-order valence-electron chi connectivity index (χ1n) is 7.44. The van der Waals surface area contributed by atoms with Crippen molar-refractivity contribution in [3.63, 3.8) is 0 Å². The van der Waals surface area contributed by atoms with E-state index in [1.54, 1.807) is 50.2 Å². The number of amides is 3. The van der Waals surface area contributed by atoms with Gasteiger partial charge in [0, 0.05) is 18.3 Å². The molecule has 1 aliphatic rings. The Balaban J connectivity index is 1.94. The third kappa shape index (κ3) is 3.87. The van der Waals surface area contributed by atoms with Gasteiger partial charge in [-0.15, -0.1) is 0 Å². The topological polar surface area (TPSA) is 79.0 Å². The van der Waals surface area contributed by atoms with Crippen molar-refractivity contribution in [1.82, 2.24) is 9.80 Å². The summed E-state index contributed by atoms with van der Waals surface area (Å²) in [5, 5.41) is 2.75. The molecular weight excluding hydrogens is 298 g/mol. The monoisotopic (exact) mass is 319 g/mol. The van der Waals surface area contributed by atoms with E-state index in [2.05, 4.69) is 5.32 Å². The molecule has 3 amide bonds. The fourth-order valence-electron chi connectivity index (χ4n) is 2.58. The number of benzene rings is 1. The van der Waals surface area contributed by atoms with Crippen LogP contribution < -0.4 is 10.1 Å². The van der Waals surface area contributed by atoms with E-state index in [1.807, 2.05) is 0 Å². The van der Waals surface area contributed by atoms with Crippen LogP contribution in [0, 0.1) is 0 Å². The van der Waals surface area contributed by atoms with Gasteiger partial charge in [-0.3, -0.25) is 24.2 Å². The second-order valence-electron chi connectivity index (χ2n) is 5.39. The Labute approximate surface area is 135 Å². The minimum absolute atomic E-state index is 0.0262. The lowest BCUT2D eigenvalue weighted by Gasteiger charge is -2.22. The molecule has 0 radical (unpaired) electrons. The van der Waals surface area contributed by atoms with Crippen molar-refractivity contribution in [1.29, 1.82) is 0 Å². The van der Waals surface area contributed by atoms with Crippen LogP contribution in [0.25, 0.3) is 0 Å². The fraction of sp³-hybridized carbons (Fsp3) is 0.438. The van der Waals surface area contributed by atoms with Crippen LogP contribution in [0.4, 0.5) is 5.69 Å². The lowest BCUT2D eigenvalue weighted by molar-refractivity contribution is -0.139. The van der Waals surface area contributed by atoms with E-state index in [-0.39, 0.29) is 30.7 Å². The summed E-state index contributed by atoms with van der Waals surface area (Å²) in [6.45, 7) is 2.14. The number of hydrogen-bond donors (Lipinski definition) is 1. The van der Waals surface area contributed by atoms with E-state index in [0.29, 0.717) is 18.0 Å². The molecule has 1 aromatic carbocycles. The third-order valence-electron chi connectivity index (χ3n) is 3.81. The number of carbonyl (C=O) groups is 3. The average molecular weight is 319 g/mol. The highest BCUT2D eigenvalue weighted by Crippen LogP contribution is 2.19. The molecule has 7 heteroatoms. The number of rotatable bonds is 6. The van der Waals surface area contributed by atoms with Gasteiger partial charge in [0.2, 0.25) is 17.7 Å². The van der Waals surface area contributed by atoms with Gasteiger partial charge < -0.3 is 10.1 Å². The number of likely N-dealkylation sites (tertiary alicyclic amines) is 1. The smallest absolute Gasteiger partial charge is 0.247 e. The van der Waals surface area contributed by atoms with E-state index in [4.69, 9.17) is 4.74 Å². The van der Waals surface area contributed by atoms with E-state index in [9.17, 15) is 14.4 Å². The van der Waals surface area contributed by atoms with Gasteiger partial charge in [-0.25, -0.2) is 0 Å². The van der Waals surface area contributed by atoms with Gasteiger partial charge in [-0.1, -0.05) is 6.07 Å². The Morgan fingerprint density at radius 3 is 2.78 bits per heavy atom. The summed E-state index contributed by atoms with van der Waals surface area (Å²) in [5.41, 5.74) is 0.617. The molecule has 0 bridgehead atoms. The third-order valence-corrected chi connectivity index (χ3v) is 3.81. The minimum atomic E-state index is -0.571. The Bertz CT molecular complexity index is 617. The van der Waals surface area contributed by atoms with Gasteiger partial charge >= 0.3 is 0 Å². The summed E-state index contributed by atoms with van der Waals surface area (Å²) in [7, 11) is 3.22. The predicted molar refractivity (Wildman–Crippen MR) is 85.1 cm³/mol. The average Bonchev–Trinajstić information content (AvgIpc) is 2.81. The molecule has 23 heavy (non-hydrogen) atoms. The zero-order chi connectivity index (χ0) is 17.0. The van der Waals surface area contributed by atoms with Gasteiger partial charge in [0.05, 0.1) is 26.1 Å². The highest BCUT2D eigenvalue weighted by Gasteiger charge is 2.40.